The standard InChI is InChI=1S/C7H13NO3S.C6H11NO3S.C5H11NO3S/c1-6(9)7-4-3-5-8(7)12(2,10)11;1-5(8)6-3-4-7(6)11(2,9)10;1-4(5(2)7)6-10(3,8)9/h7H,3-5H2,1-2H3;6H,3-4H2,1-2H3;4,6H,1-3H3/t7-;6-;4-/m000/s1. The summed E-state index contributed by atoms with van der Waals surface area (Å²) in [5.41, 5.74) is 0. The van der Waals surface area contributed by atoms with Crippen molar-refractivity contribution in [3.8, 4) is 0 Å². The molecule has 0 aromatic carbocycles. The van der Waals surface area contributed by atoms with Gasteiger partial charge >= 0.3 is 0 Å². The minimum atomic E-state index is -3.24. The molecule has 2 aliphatic rings. The lowest BCUT2D eigenvalue weighted by Crippen LogP contribution is -2.53. The average Bonchev–Trinajstić information content (AvgIpc) is 3.01. The zero-order valence-corrected chi connectivity index (χ0v) is 22.5. The molecular weight excluding hydrogens is 498 g/mol. The van der Waals surface area contributed by atoms with E-state index >= 15 is 0 Å². The van der Waals surface area contributed by atoms with Crippen molar-refractivity contribution in [2.24, 2.45) is 0 Å². The lowest BCUT2D eigenvalue weighted by atomic mass is 10.0. The normalized spacial score (nSPS) is 22.6. The molecule has 0 unspecified atom stereocenters. The molecule has 1 N–H and O–H groups in total. The SMILES string of the molecule is CC(=O)[C@@H]1CCCN1S(C)(=O)=O.CC(=O)[C@@H]1CCN1S(C)(=O)=O.CC(=O)[C@H](C)NS(C)(=O)=O. The van der Waals surface area contributed by atoms with Crippen LogP contribution in [-0.4, -0.2) is 101 Å². The van der Waals surface area contributed by atoms with Gasteiger partial charge in [0.15, 0.2) is 0 Å². The molecule has 12 nitrogen and oxygen atoms in total. The van der Waals surface area contributed by atoms with Crippen LogP contribution in [0.4, 0.5) is 0 Å². The number of hydrogen-bond acceptors (Lipinski definition) is 9. The summed E-state index contributed by atoms with van der Waals surface area (Å²) in [5, 5.41) is 0. The first-order valence-electron chi connectivity index (χ1n) is 10.1. The zero-order chi connectivity index (χ0) is 26.4. The smallest absolute Gasteiger partial charge is 0.211 e. The minimum Gasteiger partial charge on any atom is -0.298 e. The second-order valence-electron chi connectivity index (χ2n) is 8.15. The highest BCUT2D eigenvalue weighted by Gasteiger charge is 2.37. The van der Waals surface area contributed by atoms with Crippen LogP contribution in [0.1, 0.15) is 47.0 Å². The number of carbonyl (C=O) groups excluding carboxylic acids is 3. The molecule has 2 aliphatic heterocycles. The van der Waals surface area contributed by atoms with Crippen LogP contribution in [0.2, 0.25) is 0 Å². The van der Waals surface area contributed by atoms with Crippen LogP contribution < -0.4 is 4.72 Å². The number of ketones is 3. The molecule has 194 valence electrons. The fourth-order valence-electron chi connectivity index (χ4n) is 3.11. The summed E-state index contributed by atoms with van der Waals surface area (Å²) in [6, 6.07) is -1.40. The van der Waals surface area contributed by atoms with Crippen molar-refractivity contribution < 1.29 is 39.6 Å². The first-order chi connectivity index (χ1) is 14.7. The fraction of sp³-hybridized carbons (Fsp3) is 0.833. The van der Waals surface area contributed by atoms with Gasteiger partial charge in [0.1, 0.15) is 17.3 Å². The van der Waals surface area contributed by atoms with E-state index in [0.29, 0.717) is 25.9 Å². The summed E-state index contributed by atoms with van der Waals surface area (Å²) in [7, 11) is -9.57. The van der Waals surface area contributed by atoms with Gasteiger partial charge in [-0.05, 0) is 47.0 Å². The average molecular weight is 534 g/mol. The minimum absolute atomic E-state index is 0.0575. The van der Waals surface area contributed by atoms with Gasteiger partial charge in [0.05, 0.1) is 36.9 Å². The number of rotatable bonds is 7. The van der Waals surface area contributed by atoms with E-state index in [2.05, 4.69) is 4.72 Å². The van der Waals surface area contributed by atoms with E-state index in [1.165, 1.54) is 36.3 Å². The molecule has 3 atom stereocenters. The topological polar surface area (TPSA) is 172 Å². The van der Waals surface area contributed by atoms with E-state index in [1.54, 1.807) is 0 Å². The second kappa shape index (κ2) is 12.4. The monoisotopic (exact) mass is 533 g/mol. The van der Waals surface area contributed by atoms with Gasteiger partial charge in [-0.25, -0.2) is 30.0 Å². The van der Waals surface area contributed by atoms with E-state index in [1.807, 2.05) is 0 Å². The molecule has 0 saturated carbocycles. The Morgan fingerprint density at radius 3 is 1.33 bits per heavy atom. The van der Waals surface area contributed by atoms with Crippen molar-refractivity contribution in [3.05, 3.63) is 0 Å². The lowest BCUT2D eigenvalue weighted by Gasteiger charge is -2.36. The molecule has 15 heteroatoms. The molecule has 0 bridgehead atoms. The number of nitrogens with one attached hydrogen (secondary N) is 1. The predicted molar refractivity (Wildman–Crippen MR) is 124 cm³/mol. The molecule has 0 aliphatic carbocycles. The number of hydrogen-bond donors (Lipinski definition) is 1. The molecule has 0 spiro atoms. The molecular formula is C18H35N3O9S3. The highest BCUT2D eigenvalue weighted by atomic mass is 32.2. The highest BCUT2D eigenvalue weighted by molar-refractivity contribution is 7.89. The predicted octanol–water partition coefficient (Wildman–Crippen LogP) is -0.878. The van der Waals surface area contributed by atoms with Gasteiger partial charge in [0, 0.05) is 13.1 Å². The molecule has 0 aromatic rings. The molecule has 33 heavy (non-hydrogen) atoms. The number of nitrogens with zero attached hydrogens (tertiary/aromatic N) is 2. The van der Waals surface area contributed by atoms with Crippen molar-refractivity contribution in [1.82, 2.24) is 13.3 Å². The van der Waals surface area contributed by atoms with Gasteiger partial charge in [-0.1, -0.05) is 0 Å². The lowest BCUT2D eigenvalue weighted by molar-refractivity contribution is -0.123. The number of Topliss-reactive ketones (excluding diaryl/α,β-unsaturated/α-hetero) is 3. The molecule has 0 amide bonds. The second-order valence-corrected chi connectivity index (χ2v) is 13.8. The van der Waals surface area contributed by atoms with Crippen LogP contribution >= 0.6 is 0 Å². The van der Waals surface area contributed by atoms with Gasteiger partial charge in [0.25, 0.3) is 0 Å². The Labute approximate surface area is 197 Å². The Morgan fingerprint density at radius 1 is 0.758 bits per heavy atom. The molecule has 0 aromatic heterocycles. The van der Waals surface area contributed by atoms with Gasteiger partial charge < -0.3 is 0 Å². The van der Waals surface area contributed by atoms with E-state index in [-0.39, 0.29) is 23.4 Å². The Hall–Kier alpha value is -1.26. The van der Waals surface area contributed by atoms with Crippen LogP contribution in [0.25, 0.3) is 0 Å². The summed E-state index contributed by atoms with van der Waals surface area (Å²) in [6.07, 6.45) is 5.42. The first kappa shape index (κ1) is 31.7. The molecule has 2 heterocycles. The summed E-state index contributed by atoms with van der Waals surface area (Å²) >= 11 is 0. The fourth-order valence-corrected chi connectivity index (χ4v) is 6.25. The van der Waals surface area contributed by atoms with Crippen LogP contribution in [0.15, 0.2) is 0 Å². The maximum Gasteiger partial charge on any atom is 0.211 e. The number of sulfonamides is 3. The Bertz CT molecular complexity index is 1040. The Kier molecular flexibility index (Phi) is 12.0. The van der Waals surface area contributed by atoms with E-state index in [0.717, 1.165) is 25.2 Å². The zero-order valence-electron chi connectivity index (χ0n) is 20.1. The summed E-state index contributed by atoms with van der Waals surface area (Å²) in [4.78, 5) is 32.3. The maximum absolute atomic E-state index is 11.1. The Balaban J connectivity index is 0.000000468. The van der Waals surface area contributed by atoms with Gasteiger partial charge in [0.2, 0.25) is 30.1 Å². The van der Waals surface area contributed by atoms with Crippen molar-refractivity contribution in [1.29, 1.82) is 0 Å². The highest BCUT2D eigenvalue weighted by Crippen LogP contribution is 2.21. The summed E-state index contributed by atoms with van der Waals surface area (Å²) in [6.45, 7) is 6.68. The first-order valence-corrected chi connectivity index (χ1v) is 15.7. The van der Waals surface area contributed by atoms with Crippen molar-refractivity contribution >= 4 is 47.4 Å². The Morgan fingerprint density at radius 2 is 1.15 bits per heavy atom. The van der Waals surface area contributed by atoms with Crippen molar-refractivity contribution in [2.45, 2.75) is 65.1 Å². The van der Waals surface area contributed by atoms with Crippen LogP contribution in [0.5, 0.6) is 0 Å². The van der Waals surface area contributed by atoms with Crippen LogP contribution in [0, 0.1) is 0 Å². The van der Waals surface area contributed by atoms with Gasteiger partial charge in [-0.2, -0.15) is 8.61 Å². The van der Waals surface area contributed by atoms with Crippen LogP contribution in [0.3, 0.4) is 0 Å². The quantitative estimate of drug-likeness (QED) is 0.436. The number of carbonyl (C=O) groups is 3. The van der Waals surface area contributed by atoms with Crippen LogP contribution in [-0.2, 0) is 44.5 Å². The molecule has 2 rings (SSSR count). The third kappa shape index (κ3) is 11.6. The third-order valence-corrected chi connectivity index (χ3v) is 8.33. The third-order valence-electron chi connectivity index (χ3n) is 4.97. The molecule has 2 fully saturated rings. The van der Waals surface area contributed by atoms with E-state index in [4.69, 9.17) is 0 Å². The van der Waals surface area contributed by atoms with E-state index in [9.17, 15) is 39.6 Å². The summed E-state index contributed by atoms with van der Waals surface area (Å²) in [5.74, 6) is -0.315. The van der Waals surface area contributed by atoms with Gasteiger partial charge in [-0.15, -0.1) is 0 Å². The van der Waals surface area contributed by atoms with Crippen molar-refractivity contribution in [3.63, 3.8) is 0 Å². The van der Waals surface area contributed by atoms with Crippen molar-refractivity contribution in [2.75, 3.05) is 31.9 Å². The maximum atomic E-state index is 11.1. The molecule has 2 saturated heterocycles. The summed E-state index contributed by atoms with van der Waals surface area (Å²) < 4.78 is 69.7. The molecule has 0 radical (unpaired) electrons. The van der Waals surface area contributed by atoms with E-state index < -0.39 is 42.2 Å². The van der Waals surface area contributed by atoms with Gasteiger partial charge in [-0.3, -0.25) is 14.4 Å². The largest absolute Gasteiger partial charge is 0.298 e.